The van der Waals surface area contributed by atoms with Gasteiger partial charge in [-0.1, -0.05) is 6.07 Å². The van der Waals surface area contributed by atoms with Crippen LogP contribution in [0.25, 0.3) is 6.08 Å². The predicted octanol–water partition coefficient (Wildman–Crippen LogP) is 3.00. The van der Waals surface area contributed by atoms with Crippen molar-refractivity contribution in [2.75, 3.05) is 0 Å². The van der Waals surface area contributed by atoms with Gasteiger partial charge in [0.05, 0.1) is 0 Å². The fourth-order valence-electron chi connectivity index (χ4n) is 2.36. The Labute approximate surface area is 111 Å². The largest absolute Gasteiger partial charge is 0.508 e. The first-order valence-electron chi connectivity index (χ1n) is 6.21. The van der Waals surface area contributed by atoms with Gasteiger partial charge in [-0.3, -0.25) is 9.78 Å². The third-order valence-electron chi connectivity index (χ3n) is 3.31. The van der Waals surface area contributed by atoms with Crippen LogP contribution in [0.2, 0.25) is 0 Å². The van der Waals surface area contributed by atoms with Gasteiger partial charge in [-0.25, -0.2) is 0 Å². The zero-order valence-electron chi connectivity index (χ0n) is 10.3. The summed E-state index contributed by atoms with van der Waals surface area (Å²) in [6, 6.07) is 8.71. The lowest BCUT2D eigenvalue weighted by Gasteiger charge is -2.17. The summed E-state index contributed by atoms with van der Waals surface area (Å²) in [4.78, 5) is 16.4. The van der Waals surface area contributed by atoms with E-state index >= 15 is 0 Å². The monoisotopic (exact) mass is 251 g/mol. The Morgan fingerprint density at radius 2 is 2.11 bits per heavy atom. The van der Waals surface area contributed by atoms with Crippen LogP contribution in [-0.4, -0.2) is 15.9 Å². The Morgan fingerprint density at radius 3 is 2.89 bits per heavy atom. The van der Waals surface area contributed by atoms with E-state index in [2.05, 4.69) is 4.98 Å². The van der Waals surface area contributed by atoms with Crippen LogP contribution in [0.1, 0.15) is 27.9 Å². The molecule has 1 N–H and O–H groups in total. The lowest BCUT2D eigenvalue weighted by atomic mass is 9.86. The van der Waals surface area contributed by atoms with E-state index in [0.717, 1.165) is 23.1 Å². The number of aromatic hydroxyl groups is 1. The molecular weight excluding hydrogens is 238 g/mol. The molecule has 1 aromatic heterocycles. The van der Waals surface area contributed by atoms with Crippen LogP contribution in [0.4, 0.5) is 0 Å². The molecule has 0 radical (unpaired) electrons. The molecule has 1 heterocycles. The van der Waals surface area contributed by atoms with Crippen molar-refractivity contribution < 1.29 is 9.90 Å². The molecule has 94 valence electrons. The first-order chi connectivity index (χ1) is 9.24. The minimum atomic E-state index is 0.0464. The molecule has 2 aromatic rings. The zero-order valence-corrected chi connectivity index (χ0v) is 10.3. The summed E-state index contributed by atoms with van der Waals surface area (Å²) in [5.74, 6) is 0.261. The number of ketones is 1. The molecule has 0 atom stereocenters. The summed E-state index contributed by atoms with van der Waals surface area (Å²) < 4.78 is 0. The number of benzene rings is 1. The Bertz CT molecular complexity index is 660. The van der Waals surface area contributed by atoms with Crippen molar-refractivity contribution >= 4 is 11.9 Å². The predicted molar refractivity (Wildman–Crippen MR) is 73.0 cm³/mol. The number of aryl methyl sites for hydroxylation is 1. The number of nitrogens with zero attached hydrogens (tertiary/aromatic N) is 1. The average molecular weight is 251 g/mol. The summed E-state index contributed by atoms with van der Waals surface area (Å²) in [7, 11) is 0. The van der Waals surface area contributed by atoms with Crippen LogP contribution in [0, 0.1) is 0 Å². The van der Waals surface area contributed by atoms with Crippen LogP contribution in [0.3, 0.4) is 0 Å². The lowest BCUT2D eigenvalue weighted by Crippen LogP contribution is -2.13. The van der Waals surface area contributed by atoms with Crippen molar-refractivity contribution in [1.82, 2.24) is 4.98 Å². The minimum absolute atomic E-state index is 0.0464. The summed E-state index contributed by atoms with van der Waals surface area (Å²) in [5, 5.41) is 9.44. The Kier molecular flexibility index (Phi) is 2.88. The van der Waals surface area contributed by atoms with E-state index in [1.54, 1.807) is 30.6 Å². The molecule has 1 aromatic carbocycles. The van der Waals surface area contributed by atoms with Crippen molar-refractivity contribution in [3.63, 3.8) is 0 Å². The summed E-state index contributed by atoms with van der Waals surface area (Å²) in [6.45, 7) is 0. The molecule has 0 saturated heterocycles. The van der Waals surface area contributed by atoms with Gasteiger partial charge >= 0.3 is 0 Å². The van der Waals surface area contributed by atoms with Crippen LogP contribution in [0.5, 0.6) is 5.75 Å². The number of Topliss-reactive ketones (excluding diaryl/α,β-unsaturated/α-hetero) is 1. The lowest BCUT2D eigenvalue weighted by molar-refractivity contribution is 0.102. The van der Waals surface area contributed by atoms with Gasteiger partial charge in [0.2, 0.25) is 0 Å². The normalized spacial score (nSPS) is 16.4. The van der Waals surface area contributed by atoms with E-state index in [-0.39, 0.29) is 11.5 Å². The molecule has 0 saturated carbocycles. The van der Waals surface area contributed by atoms with Gasteiger partial charge in [-0.05, 0) is 54.3 Å². The molecular formula is C16H13NO2. The van der Waals surface area contributed by atoms with E-state index < -0.39 is 0 Å². The number of carbonyl (C=O) groups is 1. The highest BCUT2D eigenvalue weighted by Gasteiger charge is 2.21. The van der Waals surface area contributed by atoms with Crippen LogP contribution >= 0.6 is 0 Å². The number of hydrogen-bond acceptors (Lipinski definition) is 3. The molecule has 19 heavy (non-hydrogen) atoms. The number of phenols is 1. The van der Waals surface area contributed by atoms with Crippen molar-refractivity contribution in [2.45, 2.75) is 12.8 Å². The van der Waals surface area contributed by atoms with Gasteiger partial charge in [0, 0.05) is 23.5 Å². The molecule has 1 aliphatic carbocycles. The number of pyridine rings is 1. The first kappa shape index (κ1) is 11.7. The Hall–Kier alpha value is -2.42. The van der Waals surface area contributed by atoms with Gasteiger partial charge in [0.25, 0.3) is 0 Å². The van der Waals surface area contributed by atoms with Gasteiger partial charge in [-0.15, -0.1) is 0 Å². The van der Waals surface area contributed by atoms with Crippen molar-refractivity contribution in [1.29, 1.82) is 0 Å². The maximum absolute atomic E-state index is 12.4. The molecule has 0 aliphatic heterocycles. The van der Waals surface area contributed by atoms with E-state index in [0.29, 0.717) is 12.0 Å². The smallest absolute Gasteiger partial charge is 0.189 e. The molecule has 3 rings (SSSR count). The number of allylic oxidation sites excluding steroid dienone is 1. The van der Waals surface area contributed by atoms with Gasteiger partial charge < -0.3 is 5.11 Å². The summed E-state index contributed by atoms with van der Waals surface area (Å²) in [5.41, 5.74) is 3.35. The summed E-state index contributed by atoms with van der Waals surface area (Å²) >= 11 is 0. The minimum Gasteiger partial charge on any atom is -0.508 e. The van der Waals surface area contributed by atoms with Crippen molar-refractivity contribution in [3.05, 3.63) is 65.0 Å². The molecule has 0 unspecified atom stereocenters. The highest BCUT2D eigenvalue weighted by molar-refractivity contribution is 6.13. The fourth-order valence-corrected chi connectivity index (χ4v) is 2.36. The zero-order chi connectivity index (χ0) is 13.2. The van der Waals surface area contributed by atoms with E-state index in [1.807, 2.05) is 18.2 Å². The Balaban J connectivity index is 1.98. The Morgan fingerprint density at radius 1 is 1.21 bits per heavy atom. The molecule has 0 fully saturated rings. The van der Waals surface area contributed by atoms with E-state index in [4.69, 9.17) is 0 Å². The quantitative estimate of drug-likeness (QED) is 0.793. The standard InChI is InChI=1S/C16H13NO2/c18-14-5-6-15-12(9-14)3-4-13(16(15)19)8-11-2-1-7-17-10-11/h1-2,5-10,18H,3-4H2/b13-8+. The van der Waals surface area contributed by atoms with Gasteiger partial charge in [0.1, 0.15) is 5.75 Å². The topological polar surface area (TPSA) is 50.2 Å². The number of aromatic nitrogens is 1. The summed E-state index contributed by atoms with van der Waals surface area (Å²) in [6.07, 6.45) is 6.83. The van der Waals surface area contributed by atoms with Crippen molar-refractivity contribution in [2.24, 2.45) is 0 Å². The van der Waals surface area contributed by atoms with Crippen molar-refractivity contribution in [3.8, 4) is 5.75 Å². The second kappa shape index (κ2) is 4.69. The molecule has 0 bridgehead atoms. The first-order valence-corrected chi connectivity index (χ1v) is 6.21. The fraction of sp³-hybridized carbons (Fsp3) is 0.125. The SMILES string of the molecule is O=C1/C(=C/c2cccnc2)CCc2cc(O)ccc21. The maximum Gasteiger partial charge on any atom is 0.189 e. The number of fused-ring (bicyclic) bond motifs is 1. The number of carbonyl (C=O) groups excluding carboxylic acids is 1. The molecule has 3 heteroatoms. The number of hydrogen-bond donors (Lipinski definition) is 1. The molecule has 1 aliphatic rings. The molecule has 3 nitrogen and oxygen atoms in total. The van der Waals surface area contributed by atoms with Gasteiger partial charge in [0.15, 0.2) is 5.78 Å². The van der Waals surface area contributed by atoms with E-state index in [1.165, 1.54) is 0 Å². The second-order valence-corrected chi connectivity index (χ2v) is 4.63. The molecule has 0 spiro atoms. The molecule has 0 amide bonds. The van der Waals surface area contributed by atoms with Crippen LogP contribution in [0.15, 0.2) is 48.3 Å². The highest BCUT2D eigenvalue weighted by Crippen LogP contribution is 2.28. The highest BCUT2D eigenvalue weighted by atomic mass is 16.3. The third-order valence-corrected chi connectivity index (χ3v) is 3.31. The number of phenolic OH excluding ortho intramolecular Hbond substituents is 1. The van der Waals surface area contributed by atoms with Crippen LogP contribution in [-0.2, 0) is 6.42 Å². The third kappa shape index (κ3) is 2.27. The second-order valence-electron chi connectivity index (χ2n) is 4.63. The van der Waals surface area contributed by atoms with Crippen LogP contribution < -0.4 is 0 Å². The maximum atomic E-state index is 12.4. The number of rotatable bonds is 1. The average Bonchev–Trinajstić information content (AvgIpc) is 2.43. The van der Waals surface area contributed by atoms with Gasteiger partial charge in [-0.2, -0.15) is 0 Å². The van der Waals surface area contributed by atoms with E-state index in [9.17, 15) is 9.90 Å².